The van der Waals surface area contributed by atoms with Gasteiger partial charge in [0.05, 0.1) is 32.0 Å². The van der Waals surface area contributed by atoms with Crippen LogP contribution in [-0.4, -0.2) is 263 Å². The maximum atomic E-state index is 15.3. The van der Waals surface area contributed by atoms with Crippen molar-refractivity contribution in [1.29, 1.82) is 0 Å². The lowest BCUT2D eigenvalue weighted by Gasteiger charge is -2.40. The number of fused-ring (bicyclic) bond motifs is 1. The van der Waals surface area contributed by atoms with Crippen LogP contribution >= 0.6 is 11.6 Å². The third-order valence-corrected chi connectivity index (χ3v) is 22.2. The monoisotopic (exact) mass is 1400 g/mol. The molecule has 12 amide bonds. The third-order valence-electron chi connectivity index (χ3n) is 21.8. The summed E-state index contributed by atoms with van der Waals surface area (Å²) in [6.07, 6.45) is 9.45. The van der Waals surface area contributed by atoms with E-state index in [2.05, 4.69) is 21.9 Å². The van der Waals surface area contributed by atoms with Gasteiger partial charge in [-0.1, -0.05) is 79.1 Å². The summed E-state index contributed by atoms with van der Waals surface area (Å²) < 4.78 is 41.9. The van der Waals surface area contributed by atoms with Crippen molar-refractivity contribution in [3.63, 3.8) is 0 Å². The maximum Gasteiger partial charge on any atom is 0.393 e. The van der Waals surface area contributed by atoms with Crippen molar-refractivity contribution >= 4 is 82.5 Å². The number of terminal acetylenes is 1. The standard InChI is InChI=1S/C70H110ClF3N12O12/c1-13-24-52-65(95)83(11)55(66(96)85-34-21-16-22-35-85)40-57(88)81(9)53(37-44(3)4)61(91)76-60(45(5)14-2)67(97)80(8)42-58(89)78(6)43-59(90)82(10)54(39-46-25-17-15-18-26-46)64(94)79(7)41-56(87)75-50(31-29-47-28-30-48(49(71)38-47)70(72,73)74)63(93)86-36-23-27-51(86)62(92)77-69(32-19-20-33-69)68(98)84(52)12/h1,44-55,60H,14-43H2,2-12H3,(H,75,87)(H,76,91)(H,77,92)/t45-,47?,48?,49?,50-,51-,52-,53-,54-,55-,60-/m0/s1. The summed E-state index contributed by atoms with van der Waals surface area (Å²) in [4.78, 5) is 189. The van der Waals surface area contributed by atoms with Crippen LogP contribution < -0.4 is 16.0 Å². The summed E-state index contributed by atoms with van der Waals surface area (Å²) in [7, 11) is 9.73. The Morgan fingerprint density at radius 3 is 1.84 bits per heavy atom. The number of hydrogen-bond acceptors (Lipinski definition) is 12. The van der Waals surface area contributed by atoms with E-state index >= 15 is 14.4 Å². The largest absolute Gasteiger partial charge is 0.393 e. The van der Waals surface area contributed by atoms with Crippen LogP contribution in [0.25, 0.3) is 0 Å². The lowest BCUT2D eigenvalue weighted by atomic mass is 9.78. The average Bonchev–Trinajstić information content (AvgIpc) is 1.58. The molecule has 3 heterocycles. The van der Waals surface area contributed by atoms with Crippen LogP contribution in [0.5, 0.6) is 0 Å². The molecule has 3 saturated carbocycles. The molecular formula is C70H110ClF3N12O12. The van der Waals surface area contributed by atoms with E-state index in [4.69, 9.17) is 18.0 Å². The number of piperidine rings is 1. The highest BCUT2D eigenvalue weighted by Crippen LogP contribution is 2.44. The van der Waals surface area contributed by atoms with Crippen LogP contribution in [0.3, 0.4) is 0 Å². The Balaban J connectivity index is 1.40. The molecule has 550 valence electrons. The number of hydrogen-bond donors (Lipinski definition) is 3. The molecule has 3 saturated heterocycles. The second kappa shape index (κ2) is 36.1. The van der Waals surface area contributed by atoms with Gasteiger partial charge in [-0.25, -0.2) is 0 Å². The van der Waals surface area contributed by atoms with Crippen LogP contribution in [0.4, 0.5) is 13.2 Å². The lowest BCUT2D eigenvalue weighted by Crippen LogP contribution is -2.64. The van der Waals surface area contributed by atoms with E-state index in [-0.39, 0.29) is 94.9 Å². The fourth-order valence-corrected chi connectivity index (χ4v) is 15.8. The molecule has 3 aliphatic carbocycles. The predicted molar refractivity (Wildman–Crippen MR) is 361 cm³/mol. The molecule has 3 N–H and O–H groups in total. The number of halogens is 4. The smallest absolute Gasteiger partial charge is 0.343 e. The highest BCUT2D eigenvalue weighted by Gasteiger charge is 2.51. The molecule has 28 heteroatoms. The van der Waals surface area contributed by atoms with Crippen molar-refractivity contribution in [3.05, 3.63) is 0 Å². The second-order valence-corrected chi connectivity index (χ2v) is 29.9. The van der Waals surface area contributed by atoms with Crippen LogP contribution in [0.1, 0.15) is 182 Å². The van der Waals surface area contributed by atoms with E-state index in [0.29, 0.717) is 51.6 Å². The average molecular weight is 1400 g/mol. The normalized spacial score (nSPS) is 29.3. The summed E-state index contributed by atoms with van der Waals surface area (Å²) in [5.41, 5.74) is -1.62. The quantitative estimate of drug-likeness (QED) is 0.184. The molecule has 0 aromatic heterocycles. The molecule has 6 aliphatic rings. The van der Waals surface area contributed by atoms with Crippen LogP contribution in [0.2, 0.25) is 0 Å². The van der Waals surface area contributed by atoms with Crippen molar-refractivity contribution in [2.75, 3.05) is 88.6 Å². The van der Waals surface area contributed by atoms with Crippen molar-refractivity contribution < 1.29 is 70.7 Å². The maximum absolute atomic E-state index is 15.3. The highest BCUT2D eigenvalue weighted by atomic mass is 35.5. The van der Waals surface area contributed by atoms with Crippen molar-refractivity contribution in [2.24, 2.45) is 29.6 Å². The van der Waals surface area contributed by atoms with Gasteiger partial charge in [-0.15, -0.1) is 23.9 Å². The Bertz CT molecular complexity index is 2900. The summed E-state index contributed by atoms with van der Waals surface area (Å²) in [5.74, 6) is -8.31. The number of alkyl halides is 4. The molecule has 0 bridgehead atoms. The molecule has 11 atom stereocenters. The van der Waals surface area contributed by atoms with Gasteiger partial charge in [-0.3, -0.25) is 57.5 Å². The first kappa shape index (κ1) is 80.3. The predicted octanol–water partition coefficient (Wildman–Crippen LogP) is 4.93. The van der Waals surface area contributed by atoms with Gasteiger partial charge in [0.1, 0.15) is 47.8 Å². The zero-order chi connectivity index (χ0) is 72.7. The van der Waals surface area contributed by atoms with Gasteiger partial charge in [0.25, 0.3) is 0 Å². The number of rotatable bonds is 11. The molecule has 24 nitrogen and oxygen atoms in total. The summed E-state index contributed by atoms with van der Waals surface area (Å²) in [5, 5.41) is 7.45. The molecule has 98 heavy (non-hydrogen) atoms. The van der Waals surface area contributed by atoms with Gasteiger partial charge in [-0.2, -0.15) is 13.2 Å². The van der Waals surface area contributed by atoms with Crippen LogP contribution in [0.15, 0.2) is 0 Å². The van der Waals surface area contributed by atoms with E-state index in [1.165, 1.54) is 64.0 Å². The zero-order valence-electron chi connectivity index (χ0n) is 59.7. The van der Waals surface area contributed by atoms with Crippen molar-refractivity contribution in [3.8, 4) is 12.3 Å². The number of carbonyl (C=O) groups excluding carboxylic acids is 12. The van der Waals surface area contributed by atoms with Crippen molar-refractivity contribution in [1.82, 2.24) is 60.0 Å². The topological polar surface area (TPSA) is 270 Å². The zero-order valence-corrected chi connectivity index (χ0v) is 60.5. The first-order chi connectivity index (χ1) is 46.2. The van der Waals surface area contributed by atoms with Gasteiger partial charge in [0.2, 0.25) is 70.9 Å². The summed E-state index contributed by atoms with van der Waals surface area (Å²) in [6.45, 7) is 6.35. The van der Waals surface area contributed by atoms with Crippen LogP contribution in [0, 0.1) is 41.9 Å². The first-order valence-electron chi connectivity index (χ1n) is 35.6. The minimum absolute atomic E-state index is 0.0102. The highest BCUT2D eigenvalue weighted by molar-refractivity contribution is 6.21. The minimum atomic E-state index is -4.51. The molecule has 1 spiro atoms. The number of likely N-dealkylation sites (N-methyl/N-ethyl adjacent to an activating group) is 7. The fraction of sp³-hybridized carbons (Fsp3) is 0.800. The second-order valence-electron chi connectivity index (χ2n) is 29.3. The van der Waals surface area contributed by atoms with Gasteiger partial charge in [0.15, 0.2) is 0 Å². The van der Waals surface area contributed by atoms with Crippen molar-refractivity contribution in [2.45, 2.75) is 241 Å². The fourth-order valence-electron chi connectivity index (χ4n) is 15.2. The van der Waals surface area contributed by atoms with E-state index in [1.54, 1.807) is 11.8 Å². The molecule has 6 fully saturated rings. The van der Waals surface area contributed by atoms with E-state index < -0.39 is 168 Å². The SMILES string of the molecule is C#CC[C@H]1C(=O)N(C)[C@H](C(=O)N2CCCCC2)CC(=O)N(C)[C@@H](CC(C)C)C(=O)N[C@@H]([C@@H](C)CC)C(=O)N(C)CC(=O)N(C)CC(=O)N(C)[C@@H](CC2CCCCC2)C(=O)N(C)CC(=O)N[C@@H](CCC2CCC(C(F)(F)F)C(Cl)C2)C(=O)N2CCC[C@H]2C(=O)NC2(CCCC2)C(=O)N1C. The molecule has 0 aromatic rings. The van der Waals surface area contributed by atoms with E-state index in [9.17, 15) is 56.3 Å². The number of amides is 12. The number of nitrogens with one attached hydrogen (secondary N) is 3. The Kier molecular flexibility index (Phi) is 29.5. The van der Waals surface area contributed by atoms with Gasteiger partial charge < -0.3 is 60.0 Å². The summed E-state index contributed by atoms with van der Waals surface area (Å²) in [6, 6.07) is -8.97. The molecule has 0 aromatic carbocycles. The Labute approximate surface area is 582 Å². The number of likely N-dealkylation sites (tertiary alicyclic amines) is 1. The molecule has 3 aliphatic heterocycles. The molecule has 3 unspecified atom stereocenters. The minimum Gasteiger partial charge on any atom is -0.343 e. The lowest BCUT2D eigenvalue weighted by molar-refractivity contribution is -0.182. The molecule has 6 rings (SSSR count). The van der Waals surface area contributed by atoms with Gasteiger partial charge >= 0.3 is 6.18 Å². The van der Waals surface area contributed by atoms with Gasteiger partial charge in [0, 0.05) is 80.8 Å². The Hall–Kier alpha value is -6.72. The Morgan fingerprint density at radius 1 is 0.622 bits per heavy atom. The van der Waals surface area contributed by atoms with E-state index in [1.807, 2.05) is 20.8 Å². The molecule has 0 radical (unpaired) electrons. The van der Waals surface area contributed by atoms with Gasteiger partial charge in [-0.05, 0) is 114 Å². The number of carbonyl (C=O) groups is 12. The summed E-state index contributed by atoms with van der Waals surface area (Å²) >= 11 is 6.38. The Morgan fingerprint density at radius 2 is 1.23 bits per heavy atom. The number of nitrogens with zero attached hydrogens (tertiary/aromatic N) is 9. The third kappa shape index (κ3) is 20.5. The van der Waals surface area contributed by atoms with E-state index in [0.717, 1.165) is 63.0 Å². The van der Waals surface area contributed by atoms with Crippen LogP contribution in [-0.2, 0) is 57.5 Å². The molecular weight excluding hydrogens is 1290 g/mol. The first-order valence-corrected chi connectivity index (χ1v) is 36.0.